The predicted octanol–water partition coefficient (Wildman–Crippen LogP) is 3.22. The first-order chi connectivity index (χ1) is 8.13. The molecule has 0 fully saturated rings. The standard InChI is InChI=1S/C11H6BrN3O2/c12-8-1-2-9(11(3-8)15(16)17)10-6-14-5-7(10)4-13/h1-3,5-6,14H. The summed E-state index contributed by atoms with van der Waals surface area (Å²) in [6, 6.07) is 6.73. The van der Waals surface area contributed by atoms with Gasteiger partial charge in [-0.25, -0.2) is 0 Å². The number of nitro groups is 1. The Morgan fingerprint density at radius 3 is 2.76 bits per heavy atom. The number of H-pyrrole nitrogens is 1. The van der Waals surface area contributed by atoms with Crippen molar-refractivity contribution in [1.29, 1.82) is 5.26 Å². The first kappa shape index (κ1) is 11.4. The van der Waals surface area contributed by atoms with E-state index in [-0.39, 0.29) is 5.69 Å². The van der Waals surface area contributed by atoms with E-state index in [2.05, 4.69) is 20.9 Å². The third-order valence-corrected chi connectivity index (χ3v) is 2.81. The van der Waals surface area contributed by atoms with Gasteiger partial charge in [-0.05, 0) is 12.1 Å². The van der Waals surface area contributed by atoms with E-state index in [0.717, 1.165) is 0 Å². The molecule has 5 nitrogen and oxygen atoms in total. The molecule has 1 heterocycles. The van der Waals surface area contributed by atoms with Gasteiger partial charge in [0.25, 0.3) is 5.69 Å². The fourth-order valence-electron chi connectivity index (χ4n) is 1.56. The lowest BCUT2D eigenvalue weighted by Crippen LogP contribution is -1.92. The number of hydrogen-bond acceptors (Lipinski definition) is 3. The monoisotopic (exact) mass is 291 g/mol. The zero-order valence-corrected chi connectivity index (χ0v) is 10.1. The molecule has 0 atom stereocenters. The number of nitriles is 1. The Hall–Kier alpha value is -2.13. The van der Waals surface area contributed by atoms with Gasteiger partial charge in [0.2, 0.25) is 0 Å². The van der Waals surface area contributed by atoms with Crippen molar-refractivity contribution < 1.29 is 4.92 Å². The number of nitro benzene ring substituents is 1. The fourth-order valence-corrected chi connectivity index (χ4v) is 1.91. The molecule has 2 rings (SSSR count). The average molecular weight is 292 g/mol. The third-order valence-electron chi connectivity index (χ3n) is 2.31. The predicted molar refractivity (Wildman–Crippen MR) is 65.3 cm³/mol. The highest BCUT2D eigenvalue weighted by molar-refractivity contribution is 9.10. The highest BCUT2D eigenvalue weighted by atomic mass is 79.9. The van der Waals surface area contributed by atoms with Crippen molar-refractivity contribution in [1.82, 2.24) is 4.98 Å². The van der Waals surface area contributed by atoms with Crippen LogP contribution in [0.4, 0.5) is 5.69 Å². The summed E-state index contributed by atoms with van der Waals surface area (Å²) in [5.41, 5.74) is 1.31. The summed E-state index contributed by atoms with van der Waals surface area (Å²) in [6.45, 7) is 0. The Bertz CT molecular complexity index is 628. The van der Waals surface area contributed by atoms with Crippen LogP contribution in [0.5, 0.6) is 0 Å². The lowest BCUT2D eigenvalue weighted by molar-refractivity contribution is -0.384. The second kappa shape index (κ2) is 4.39. The van der Waals surface area contributed by atoms with E-state index in [1.54, 1.807) is 18.3 Å². The van der Waals surface area contributed by atoms with Crippen LogP contribution in [0.25, 0.3) is 11.1 Å². The Balaban J connectivity index is 2.68. The normalized spacial score (nSPS) is 9.88. The first-order valence-corrected chi connectivity index (χ1v) is 5.44. The molecule has 1 aromatic carbocycles. The van der Waals surface area contributed by atoms with Crippen LogP contribution in [0.3, 0.4) is 0 Å². The second-order valence-electron chi connectivity index (χ2n) is 3.31. The summed E-state index contributed by atoms with van der Waals surface area (Å²) in [4.78, 5) is 13.3. The second-order valence-corrected chi connectivity index (χ2v) is 4.23. The molecule has 1 aromatic heterocycles. The molecule has 0 saturated carbocycles. The molecule has 1 N–H and O–H groups in total. The molecule has 17 heavy (non-hydrogen) atoms. The Kier molecular flexibility index (Phi) is 2.93. The van der Waals surface area contributed by atoms with Crippen molar-refractivity contribution in [3.63, 3.8) is 0 Å². The van der Waals surface area contributed by atoms with E-state index in [9.17, 15) is 10.1 Å². The molecule has 2 aromatic rings. The zero-order chi connectivity index (χ0) is 12.4. The highest BCUT2D eigenvalue weighted by Gasteiger charge is 2.18. The summed E-state index contributed by atoms with van der Waals surface area (Å²) in [7, 11) is 0. The van der Waals surface area contributed by atoms with Crippen molar-refractivity contribution in [2.75, 3.05) is 0 Å². The van der Waals surface area contributed by atoms with Crippen LogP contribution in [-0.2, 0) is 0 Å². The maximum absolute atomic E-state index is 11.0. The van der Waals surface area contributed by atoms with Gasteiger partial charge in [-0.2, -0.15) is 5.26 Å². The van der Waals surface area contributed by atoms with E-state index in [0.29, 0.717) is 21.2 Å². The average Bonchev–Trinajstić information content (AvgIpc) is 2.76. The lowest BCUT2D eigenvalue weighted by Gasteiger charge is -2.01. The van der Waals surface area contributed by atoms with Gasteiger partial charge in [0.1, 0.15) is 6.07 Å². The van der Waals surface area contributed by atoms with Crippen LogP contribution >= 0.6 is 15.9 Å². The van der Waals surface area contributed by atoms with Gasteiger partial charge in [0, 0.05) is 28.5 Å². The molecular formula is C11H6BrN3O2. The van der Waals surface area contributed by atoms with Crippen LogP contribution in [0, 0.1) is 21.4 Å². The van der Waals surface area contributed by atoms with E-state index in [1.165, 1.54) is 12.3 Å². The number of nitrogens with zero attached hydrogens (tertiary/aromatic N) is 2. The van der Waals surface area contributed by atoms with Gasteiger partial charge >= 0.3 is 0 Å². The fraction of sp³-hybridized carbons (Fsp3) is 0. The molecule has 0 unspecified atom stereocenters. The van der Waals surface area contributed by atoms with Crippen molar-refractivity contribution in [2.24, 2.45) is 0 Å². The number of benzene rings is 1. The number of nitrogens with one attached hydrogen (secondary N) is 1. The molecule has 6 heteroatoms. The van der Waals surface area contributed by atoms with E-state index in [1.807, 2.05) is 6.07 Å². The van der Waals surface area contributed by atoms with Crippen molar-refractivity contribution in [3.05, 3.63) is 50.7 Å². The SMILES string of the molecule is N#Cc1c[nH]cc1-c1ccc(Br)cc1[N+](=O)[O-]. The number of aromatic amines is 1. The Labute approximate surface area is 105 Å². The smallest absolute Gasteiger partial charge is 0.278 e. The minimum Gasteiger partial charge on any atom is -0.366 e. The molecule has 0 radical (unpaired) electrons. The highest BCUT2D eigenvalue weighted by Crippen LogP contribution is 2.33. The molecule has 0 aliphatic heterocycles. The molecule has 0 aliphatic carbocycles. The van der Waals surface area contributed by atoms with E-state index < -0.39 is 4.92 Å². The van der Waals surface area contributed by atoms with E-state index in [4.69, 9.17) is 5.26 Å². The number of halogens is 1. The van der Waals surface area contributed by atoms with Crippen molar-refractivity contribution >= 4 is 21.6 Å². The van der Waals surface area contributed by atoms with Gasteiger partial charge in [-0.1, -0.05) is 15.9 Å². The van der Waals surface area contributed by atoms with Crippen molar-refractivity contribution in [3.8, 4) is 17.2 Å². The van der Waals surface area contributed by atoms with Gasteiger partial charge < -0.3 is 4.98 Å². The molecule has 0 bridgehead atoms. The lowest BCUT2D eigenvalue weighted by atomic mass is 10.0. The Morgan fingerprint density at radius 1 is 1.35 bits per heavy atom. The van der Waals surface area contributed by atoms with Crippen LogP contribution in [0.15, 0.2) is 35.1 Å². The maximum Gasteiger partial charge on any atom is 0.278 e. The van der Waals surface area contributed by atoms with Crippen LogP contribution in [-0.4, -0.2) is 9.91 Å². The largest absolute Gasteiger partial charge is 0.366 e. The summed E-state index contributed by atoms with van der Waals surface area (Å²) in [6.07, 6.45) is 3.09. The first-order valence-electron chi connectivity index (χ1n) is 4.64. The van der Waals surface area contributed by atoms with Gasteiger partial charge in [0.15, 0.2) is 0 Å². The summed E-state index contributed by atoms with van der Waals surface area (Å²) >= 11 is 3.19. The topological polar surface area (TPSA) is 82.7 Å². The Morgan fingerprint density at radius 2 is 2.12 bits per heavy atom. The van der Waals surface area contributed by atoms with Crippen LogP contribution in [0.2, 0.25) is 0 Å². The minimum absolute atomic E-state index is 0.0320. The molecule has 0 spiro atoms. The number of rotatable bonds is 2. The quantitative estimate of drug-likeness (QED) is 0.681. The molecular weight excluding hydrogens is 286 g/mol. The molecule has 0 saturated heterocycles. The summed E-state index contributed by atoms with van der Waals surface area (Å²) < 4.78 is 0.627. The van der Waals surface area contributed by atoms with Gasteiger partial charge in [0.05, 0.1) is 16.1 Å². The maximum atomic E-state index is 11.0. The number of aromatic nitrogens is 1. The molecule has 0 amide bonds. The summed E-state index contributed by atoms with van der Waals surface area (Å²) in [5, 5.41) is 19.9. The summed E-state index contributed by atoms with van der Waals surface area (Å²) in [5.74, 6) is 0. The van der Waals surface area contributed by atoms with Crippen molar-refractivity contribution in [2.45, 2.75) is 0 Å². The zero-order valence-electron chi connectivity index (χ0n) is 8.48. The molecule has 84 valence electrons. The number of hydrogen-bond donors (Lipinski definition) is 1. The third kappa shape index (κ3) is 2.05. The van der Waals surface area contributed by atoms with Crippen LogP contribution < -0.4 is 0 Å². The molecule has 0 aliphatic rings. The van der Waals surface area contributed by atoms with Gasteiger partial charge in [-0.3, -0.25) is 10.1 Å². The van der Waals surface area contributed by atoms with Gasteiger partial charge in [-0.15, -0.1) is 0 Å². The van der Waals surface area contributed by atoms with Crippen LogP contribution in [0.1, 0.15) is 5.56 Å². The minimum atomic E-state index is -0.464. The van der Waals surface area contributed by atoms with E-state index >= 15 is 0 Å².